The molecule has 3 rings (SSSR count). The van der Waals surface area contributed by atoms with Crippen molar-refractivity contribution in [3.05, 3.63) is 41.5 Å². The van der Waals surface area contributed by atoms with Gasteiger partial charge >= 0.3 is 0 Å². The number of hydrogen-bond donors (Lipinski definition) is 1. The lowest BCUT2D eigenvalue weighted by Gasteiger charge is -2.04. The molecule has 1 atom stereocenters. The van der Waals surface area contributed by atoms with E-state index < -0.39 is 0 Å². The number of aromatic nitrogens is 2. The quantitative estimate of drug-likeness (QED) is 0.903. The second-order valence-electron chi connectivity index (χ2n) is 4.04. The minimum Gasteiger partial charge on any atom is -0.373 e. The molecule has 4 nitrogen and oxygen atoms in total. The highest BCUT2D eigenvalue weighted by Crippen LogP contribution is 2.33. The number of nitrogens with one attached hydrogen (secondary N) is 1. The molecular weight excluding hydrogens is 234 g/mol. The molecule has 2 aromatic rings. The Hall–Kier alpha value is -1.49. The Morgan fingerprint density at radius 2 is 2.35 bits per heavy atom. The average molecular weight is 247 g/mol. The van der Waals surface area contributed by atoms with Crippen molar-refractivity contribution in [2.45, 2.75) is 18.2 Å². The first-order valence-electron chi connectivity index (χ1n) is 5.52. The van der Waals surface area contributed by atoms with Crippen LogP contribution < -0.4 is 5.32 Å². The van der Waals surface area contributed by atoms with Crippen molar-refractivity contribution >= 4 is 17.4 Å². The van der Waals surface area contributed by atoms with Crippen molar-refractivity contribution in [1.82, 2.24) is 10.1 Å². The summed E-state index contributed by atoms with van der Waals surface area (Å²) in [6, 6.07) is 8.41. The second kappa shape index (κ2) is 4.41. The first kappa shape index (κ1) is 10.7. The van der Waals surface area contributed by atoms with Gasteiger partial charge in [0.15, 0.2) is 5.82 Å². The highest BCUT2D eigenvalue weighted by atomic mass is 32.2. The van der Waals surface area contributed by atoms with Gasteiger partial charge in [-0.1, -0.05) is 23.4 Å². The molecule has 1 N–H and O–H groups in total. The van der Waals surface area contributed by atoms with E-state index in [2.05, 4.69) is 33.7 Å². The van der Waals surface area contributed by atoms with Crippen LogP contribution >= 0.6 is 11.8 Å². The van der Waals surface area contributed by atoms with E-state index in [9.17, 15) is 0 Å². The smallest absolute Gasteiger partial charge is 0.249 e. The van der Waals surface area contributed by atoms with Gasteiger partial charge in [-0.2, -0.15) is 16.7 Å². The summed E-state index contributed by atoms with van der Waals surface area (Å²) in [7, 11) is 0. The molecular formula is C12H13N3OS. The normalized spacial score (nSPS) is 17.8. The summed E-state index contributed by atoms with van der Waals surface area (Å²) in [5.41, 5.74) is 2.48. The van der Waals surface area contributed by atoms with Crippen LogP contribution in [-0.4, -0.2) is 16.4 Å². The molecule has 0 bridgehead atoms. The van der Waals surface area contributed by atoms with E-state index in [4.69, 9.17) is 4.52 Å². The van der Waals surface area contributed by atoms with E-state index in [0.29, 0.717) is 5.89 Å². The minimum atomic E-state index is 0.121. The fourth-order valence-corrected chi connectivity index (χ4v) is 2.42. The van der Waals surface area contributed by atoms with Gasteiger partial charge in [-0.05, 0) is 17.9 Å². The topological polar surface area (TPSA) is 51.0 Å². The molecule has 0 fully saturated rings. The first-order chi connectivity index (χ1) is 8.36. The third-order valence-corrected chi connectivity index (χ3v) is 3.37. The molecule has 88 valence electrons. The molecule has 0 radical (unpaired) electrons. The standard InChI is InChI=1S/C12H13N3OS/c1-17-7-11-14-12(16-15-11)10-6-8-4-2-3-5-9(8)13-10/h2-5,10,13H,6-7H2,1H3/t10-/m0/s1. The predicted octanol–water partition coefficient (Wildman–Crippen LogP) is 2.64. The van der Waals surface area contributed by atoms with E-state index in [1.807, 2.05) is 12.3 Å². The Kier molecular flexibility index (Phi) is 2.76. The summed E-state index contributed by atoms with van der Waals surface area (Å²) in [5, 5.41) is 7.37. The summed E-state index contributed by atoms with van der Waals surface area (Å²) < 4.78 is 5.30. The van der Waals surface area contributed by atoms with Crippen LogP contribution in [0.2, 0.25) is 0 Å². The van der Waals surface area contributed by atoms with Gasteiger partial charge in [0.1, 0.15) is 6.04 Å². The summed E-state index contributed by atoms with van der Waals surface area (Å²) in [6.07, 6.45) is 2.94. The zero-order valence-electron chi connectivity index (χ0n) is 9.51. The molecule has 17 heavy (non-hydrogen) atoms. The van der Waals surface area contributed by atoms with E-state index in [1.165, 1.54) is 11.3 Å². The Labute approximate surface area is 104 Å². The summed E-state index contributed by atoms with van der Waals surface area (Å²) in [5.74, 6) is 2.25. The van der Waals surface area contributed by atoms with Gasteiger partial charge in [0.2, 0.25) is 5.89 Å². The molecule has 0 saturated heterocycles. The van der Waals surface area contributed by atoms with Gasteiger partial charge in [-0.3, -0.25) is 0 Å². The molecule has 0 spiro atoms. The van der Waals surface area contributed by atoms with Crippen LogP contribution in [0, 0.1) is 0 Å². The van der Waals surface area contributed by atoms with Gasteiger partial charge in [-0.25, -0.2) is 0 Å². The predicted molar refractivity (Wildman–Crippen MR) is 68.0 cm³/mol. The molecule has 1 aromatic heterocycles. The molecule has 5 heteroatoms. The fourth-order valence-electron chi connectivity index (χ4n) is 2.04. The van der Waals surface area contributed by atoms with Gasteiger partial charge in [0.25, 0.3) is 0 Å². The van der Waals surface area contributed by atoms with Crippen LogP contribution in [-0.2, 0) is 12.2 Å². The Balaban J connectivity index is 1.79. The van der Waals surface area contributed by atoms with Gasteiger partial charge in [-0.15, -0.1) is 0 Å². The summed E-state index contributed by atoms with van der Waals surface area (Å²) >= 11 is 1.69. The van der Waals surface area contributed by atoms with Crippen LogP contribution in [0.1, 0.15) is 23.3 Å². The first-order valence-corrected chi connectivity index (χ1v) is 6.92. The number of nitrogens with zero attached hydrogens (tertiary/aromatic N) is 2. The number of benzene rings is 1. The summed E-state index contributed by atoms with van der Waals surface area (Å²) in [6.45, 7) is 0. The molecule has 1 aliphatic rings. The van der Waals surface area contributed by atoms with Crippen molar-refractivity contribution in [3.63, 3.8) is 0 Å². The SMILES string of the molecule is CSCc1noc([C@@H]2Cc3ccccc3N2)n1. The van der Waals surface area contributed by atoms with Crippen LogP contribution in [0.5, 0.6) is 0 Å². The average Bonchev–Trinajstić information content (AvgIpc) is 2.94. The maximum Gasteiger partial charge on any atom is 0.249 e. The molecule has 2 heterocycles. The Morgan fingerprint density at radius 1 is 1.47 bits per heavy atom. The van der Waals surface area contributed by atoms with Crippen molar-refractivity contribution < 1.29 is 4.52 Å². The summed E-state index contributed by atoms with van der Waals surface area (Å²) in [4.78, 5) is 4.40. The maximum absolute atomic E-state index is 5.30. The van der Waals surface area contributed by atoms with Crippen molar-refractivity contribution in [3.8, 4) is 0 Å². The van der Waals surface area contributed by atoms with E-state index in [-0.39, 0.29) is 6.04 Å². The van der Waals surface area contributed by atoms with Crippen molar-refractivity contribution in [2.75, 3.05) is 11.6 Å². The number of thioether (sulfide) groups is 1. The lowest BCUT2D eigenvalue weighted by molar-refractivity contribution is 0.360. The Morgan fingerprint density at radius 3 is 3.18 bits per heavy atom. The lowest BCUT2D eigenvalue weighted by Crippen LogP contribution is -2.06. The van der Waals surface area contributed by atoms with Crippen LogP contribution in [0.4, 0.5) is 5.69 Å². The fraction of sp³-hybridized carbons (Fsp3) is 0.333. The zero-order valence-corrected chi connectivity index (χ0v) is 10.3. The van der Waals surface area contributed by atoms with E-state index in [0.717, 1.165) is 18.0 Å². The third-order valence-electron chi connectivity index (χ3n) is 2.83. The third kappa shape index (κ3) is 2.02. The van der Waals surface area contributed by atoms with E-state index in [1.54, 1.807) is 11.8 Å². The van der Waals surface area contributed by atoms with Crippen LogP contribution in [0.3, 0.4) is 0 Å². The van der Waals surface area contributed by atoms with Gasteiger partial charge in [0.05, 0.1) is 5.75 Å². The molecule has 0 unspecified atom stereocenters. The minimum absolute atomic E-state index is 0.121. The molecule has 1 aliphatic heterocycles. The highest BCUT2D eigenvalue weighted by Gasteiger charge is 2.26. The second-order valence-corrected chi connectivity index (χ2v) is 4.91. The van der Waals surface area contributed by atoms with E-state index >= 15 is 0 Å². The maximum atomic E-state index is 5.30. The Bertz CT molecular complexity index is 501. The highest BCUT2D eigenvalue weighted by molar-refractivity contribution is 7.97. The van der Waals surface area contributed by atoms with Gasteiger partial charge in [0, 0.05) is 12.1 Å². The lowest BCUT2D eigenvalue weighted by atomic mass is 10.1. The van der Waals surface area contributed by atoms with Crippen molar-refractivity contribution in [1.29, 1.82) is 0 Å². The number of rotatable bonds is 3. The molecule has 0 saturated carbocycles. The molecule has 0 amide bonds. The van der Waals surface area contributed by atoms with Crippen LogP contribution in [0.25, 0.3) is 0 Å². The molecule has 0 aliphatic carbocycles. The largest absolute Gasteiger partial charge is 0.373 e. The van der Waals surface area contributed by atoms with Crippen LogP contribution in [0.15, 0.2) is 28.8 Å². The van der Waals surface area contributed by atoms with Gasteiger partial charge < -0.3 is 9.84 Å². The number of fused-ring (bicyclic) bond motifs is 1. The molecule has 1 aromatic carbocycles. The number of hydrogen-bond acceptors (Lipinski definition) is 5. The number of para-hydroxylation sites is 1. The van der Waals surface area contributed by atoms with Crippen molar-refractivity contribution in [2.24, 2.45) is 0 Å². The zero-order chi connectivity index (χ0) is 11.7. The number of anilines is 1. The monoisotopic (exact) mass is 247 g/mol.